The lowest BCUT2D eigenvalue weighted by molar-refractivity contribution is 0.543. The number of nitrogens with zero attached hydrogens (tertiary/aromatic N) is 2. The zero-order valence-electron chi connectivity index (χ0n) is 9.61. The average Bonchev–Trinajstić information content (AvgIpc) is 2.89. The summed E-state index contributed by atoms with van der Waals surface area (Å²) in [6, 6.07) is 2.09. The van der Waals surface area contributed by atoms with Gasteiger partial charge < -0.3 is 10.3 Å². The highest BCUT2D eigenvalue weighted by Gasteiger charge is 1.95. The molecule has 0 unspecified atom stereocenters. The Morgan fingerprint density at radius 1 is 1.50 bits per heavy atom. The molecule has 0 radical (unpaired) electrons. The van der Waals surface area contributed by atoms with Gasteiger partial charge in [-0.3, -0.25) is 4.68 Å². The van der Waals surface area contributed by atoms with Crippen molar-refractivity contribution >= 4 is 0 Å². The van der Waals surface area contributed by atoms with Crippen molar-refractivity contribution in [1.29, 1.82) is 0 Å². The smallest absolute Gasteiger partial charge is 0.0518 e. The largest absolute Gasteiger partial charge is 0.367 e. The van der Waals surface area contributed by atoms with Crippen molar-refractivity contribution in [3.05, 3.63) is 42.0 Å². The number of H-pyrrole nitrogens is 1. The number of nitrogens with one attached hydrogen (secondary N) is 2. The van der Waals surface area contributed by atoms with Crippen molar-refractivity contribution in [3.8, 4) is 0 Å². The van der Waals surface area contributed by atoms with Crippen LogP contribution in [0.25, 0.3) is 0 Å². The second-order valence-electron chi connectivity index (χ2n) is 4.03. The van der Waals surface area contributed by atoms with Crippen LogP contribution in [0.5, 0.6) is 0 Å². The van der Waals surface area contributed by atoms with Crippen LogP contribution in [0.2, 0.25) is 0 Å². The van der Waals surface area contributed by atoms with Crippen molar-refractivity contribution in [2.45, 2.75) is 26.4 Å². The van der Waals surface area contributed by atoms with Gasteiger partial charge in [0.1, 0.15) is 0 Å². The number of aryl methyl sites for hydroxylation is 2. The van der Waals surface area contributed by atoms with E-state index >= 15 is 0 Å². The molecule has 0 saturated carbocycles. The van der Waals surface area contributed by atoms with Crippen LogP contribution >= 0.6 is 0 Å². The molecule has 0 aliphatic rings. The third-order valence-electron chi connectivity index (χ3n) is 2.49. The van der Waals surface area contributed by atoms with E-state index in [4.69, 9.17) is 0 Å². The van der Waals surface area contributed by atoms with E-state index < -0.39 is 0 Å². The normalized spacial score (nSPS) is 10.8. The van der Waals surface area contributed by atoms with Gasteiger partial charge in [0.05, 0.1) is 6.20 Å². The monoisotopic (exact) mass is 218 g/mol. The molecule has 2 N–H and O–H groups in total. The lowest BCUT2D eigenvalue weighted by Gasteiger charge is -2.03. The van der Waals surface area contributed by atoms with Crippen LogP contribution in [0, 0.1) is 6.92 Å². The molecule has 2 heterocycles. The van der Waals surface area contributed by atoms with Gasteiger partial charge in [-0.25, -0.2) is 0 Å². The van der Waals surface area contributed by atoms with Crippen molar-refractivity contribution in [3.63, 3.8) is 0 Å². The summed E-state index contributed by atoms with van der Waals surface area (Å²) in [5.41, 5.74) is 2.52. The van der Waals surface area contributed by atoms with Crippen LogP contribution in [0.4, 0.5) is 0 Å². The minimum Gasteiger partial charge on any atom is -0.367 e. The van der Waals surface area contributed by atoms with E-state index in [0.29, 0.717) is 0 Å². The van der Waals surface area contributed by atoms with Crippen LogP contribution in [0.3, 0.4) is 0 Å². The molecule has 0 fully saturated rings. The maximum Gasteiger partial charge on any atom is 0.0518 e. The van der Waals surface area contributed by atoms with Crippen LogP contribution in [-0.4, -0.2) is 21.3 Å². The first-order valence-corrected chi connectivity index (χ1v) is 5.66. The van der Waals surface area contributed by atoms with Crippen LogP contribution in [0.1, 0.15) is 17.5 Å². The summed E-state index contributed by atoms with van der Waals surface area (Å²) in [7, 11) is 0. The molecule has 2 aromatic heterocycles. The van der Waals surface area contributed by atoms with Crippen LogP contribution < -0.4 is 5.32 Å². The van der Waals surface area contributed by atoms with Crippen molar-refractivity contribution in [2.24, 2.45) is 0 Å². The van der Waals surface area contributed by atoms with Crippen LogP contribution in [0.15, 0.2) is 30.9 Å². The molecule has 4 nitrogen and oxygen atoms in total. The first-order chi connectivity index (χ1) is 7.84. The second-order valence-corrected chi connectivity index (χ2v) is 4.03. The predicted molar refractivity (Wildman–Crippen MR) is 64.1 cm³/mol. The molecular weight excluding hydrogens is 200 g/mol. The van der Waals surface area contributed by atoms with Gasteiger partial charge in [0.15, 0.2) is 0 Å². The first kappa shape index (κ1) is 11.0. The van der Waals surface area contributed by atoms with Crippen molar-refractivity contribution in [2.75, 3.05) is 6.54 Å². The summed E-state index contributed by atoms with van der Waals surface area (Å²) in [5, 5.41) is 7.65. The molecule has 2 aromatic rings. The molecular formula is C12H18N4. The molecule has 0 atom stereocenters. The molecule has 0 bridgehead atoms. The fourth-order valence-electron chi connectivity index (χ4n) is 1.66. The summed E-state index contributed by atoms with van der Waals surface area (Å²) < 4.78 is 1.99. The lowest BCUT2D eigenvalue weighted by atomic mass is 10.3. The maximum absolute atomic E-state index is 4.25. The Bertz CT molecular complexity index is 402. The number of rotatable bonds is 6. The summed E-state index contributed by atoms with van der Waals surface area (Å²) in [6.07, 6.45) is 9.04. The Morgan fingerprint density at radius 3 is 3.12 bits per heavy atom. The molecule has 0 amide bonds. The SMILES string of the molecule is Cc1cnn(CCCNCc2cc[nH]c2)c1. The number of hydrogen-bond acceptors (Lipinski definition) is 2. The fraction of sp³-hybridized carbons (Fsp3) is 0.417. The minimum absolute atomic E-state index is 0.932. The average molecular weight is 218 g/mol. The zero-order valence-corrected chi connectivity index (χ0v) is 9.61. The summed E-state index contributed by atoms with van der Waals surface area (Å²) in [4.78, 5) is 3.05. The van der Waals surface area contributed by atoms with Crippen LogP contribution in [-0.2, 0) is 13.1 Å². The Kier molecular flexibility index (Phi) is 3.77. The minimum atomic E-state index is 0.932. The topological polar surface area (TPSA) is 45.6 Å². The molecule has 0 aromatic carbocycles. The molecule has 2 rings (SSSR count). The quantitative estimate of drug-likeness (QED) is 0.725. The first-order valence-electron chi connectivity index (χ1n) is 5.66. The van der Waals surface area contributed by atoms with Gasteiger partial charge in [-0.05, 0) is 37.1 Å². The molecule has 0 aliphatic carbocycles. The summed E-state index contributed by atoms with van der Waals surface area (Å²) in [5.74, 6) is 0. The number of aromatic amines is 1. The number of hydrogen-bond donors (Lipinski definition) is 2. The highest BCUT2D eigenvalue weighted by atomic mass is 15.3. The summed E-state index contributed by atoms with van der Waals surface area (Å²) >= 11 is 0. The highest BCUT2D eigenvalue weighted by molar-refractivity contribution is 5.07. The van der Waals surface area contributed by atoms with Crippen molar-refractivity contribution < 1.29 is 0 Å². The van der Waals surface area contributed by atoms with Gasteiger partial charge in [-0.15, -0.1) is 0 Å². The second kappa shape index (κ2) is 5.51. The van der Waals surface area contributed by atoms with Gasteiger partial charge in [0, 0.05) is 31.7 Å². The standard InChI is InChI=1S/C12H18N4/c1-11-7-15-16(10-11)6-2-4-13-8-12-3-5-14-9-12/h3,5,7,9-10,13-14H,2,4,6,8H2,1H3. The van der Waals surface area contributed by atoms with Gasteiger partial charge in [0.2, 0.25) is 0 Å². The van der Waals surface area contributed by atoms with Gasteiger partial charge in [-0.1, -0.05) is 0 Å². The zero-order chi connectivity index (χ0) is 11.2. The third kappa shape index (κ3) is 3.24. The Hall–Kier alpha value is -1.55. The Morgan fingerprint density at radius 2 is 2.44 bits per heavy atom. The maximum atomic E-state index is 4.25. The molecule has 0 spiro atoms. The molecule has 0 saturated heterocycles. The van der Waals surface area contributed by atoms with E-state index in [1.807, 2.05) is 23.3 Å². The molecule has 4 heteroatoms. The van der Waals surface area contributed by atoms with E-state index in [-0.39, 0.29) is 0 Å². The Balaban J connectivity index is 1.59. The van der Waals surface area contributed by atoms with E-state index in [0.717, 1.165) is 26.1 Å². The fourth-order valence-corrected chi connectivity index (χ4v) is 1.66. The Labute approximate surface area is 95.7 Å². The van der Waals surface area contributed by atoms with E-state index in [2.05, 4.69) is 34.6 Å². The van der Waals surface area contributed by atoms with Gasteiger partial charge in [0.25, 0.3) is 0 Å². The highest BCUT2D eigenvalue weighted by Crippen LogP contribution is 1.97. The van der Waals surface area contributed by atoms with E-state index in [1.165, 1.54) is 11.1 Å². The van der Waals surface area contributed by atoms with Gasteiger partial charge in [-0.2, -0.15) is 5.10 Å². The lowest BCUT2D eigenvalue weighted by Crippen LogP contribution is -2.16. The number of aromatic nitrogens is 3. The van der Waals surface area contributed by atoms with Gasteiger partial charge >= 0.3 is 0 Å². The third-order valence-corrected chi connectivity index (χ3v) is 2.49. The summed E-state index contributed by atoms with van der Waals surface area (Å²) in [6.45, 7) is 4.99. The van der Waals surface area contributed by atoms with E-state index in [1.54, 1.807) is 0 Å². The molecule has 86 valence electrons. The molecule has 16 heavy (non-hydrogen) atoms. The van der Waals surface area contributed by atoms with E-state index in [9.17, 15) is 0 Å². The van der Waals surface area contributed by atoms with Crippen molar-refractivity contribution in [1.82, 2.24) is 20.1 Å². The predicted octanol–water partition coefficient (Wildman–Crippen LogP) is 1.70. The molecule has 0 aliphatic heterocycles.